The molecule has 0 aliphatic heterocycles. The first-order valence-corrected chi connectivity index (χ1v) is 7.24. The van der Waals surface area contributed by atoms with E-state index in [0.29, 0.717) is 16.1 Å². The Morgan fingerprint density at radius 1 is 1.56 bits per heavy atom. The molecule has 0 spiro atoms. The zero-order valence-corrected chi connectivity index (χ0v) is 12.2. The molecule has 0 radical (unpaired) electrons. The number of nitrogens with two attached hydrogens (primary N) is 1. The van der Waals surface area contributed by atoms with Gasteiger partial charge in [-0.25, -0.2) is 0 Å². The van der Waals surface area contributed by atoms with Crippen LogP contribution < -0.4 is 11.1 Å². The van der Waals surface area contributed by atoms with Crippen molar-refractivity contribution in [1.29, 1.82) is 0 Å². The molecule has 1 aliphatic rings. The van der Waals surface area contributed by atoms with E-state index in [1.54, 1.807) is 0 Å². The molecule has 4 heteroatoms. The molecular weight excluding hydrogens is 264 g/mol. The second kappa shape index (κ2) is 5.89. The first-order chi connectivity index (χ1) is 8.60. The highest BCUT2D eigenvalue weighted by Gasteiger charge is 2.25. The Hall–Kier alpha value is -0.800. The highest BCUT2D eigenvalue weighted by atomic mass is 35.5. The van der Waals surface area contributed by atoms with Crippen LogP contribution >= 0.6 is 23.8 Å². The maximum atomic E-state index is 5.98. The average molecular weight is 283 g/mol. The molecule has 0 amide bonds. The van der Waals surface area contributed by atoms with Gasteiger partial charge in [0.2, 0.25) is 0 Å². The average Bonchev–Trinajstić information content (AvgIpc) is 3.14. The van der Waals surface area contributed by atoms with Gasteiger partial charge in [0, 0.05) is 22.3 Å². The smallest absolute Gasteiger partial charge is 0.106 e. The van der Waals surface area contributed by atoms with E-state index in [2.05, 4.69) is 12.2 Å². The van der Waals surface area contributed by atoms with Crippen molar-refractivity contribution in [3.63, 3.8) is 0 Å². The fourth-order valence-corrected chi connectivity index (χ4v) is 2.49. The molecule has 0 saturated heterocycles. The molecular formula is C14H19ClN2S. The summed E-state index contributed by atoms with van der Waals surface area (Å²) in [4.78, 5) is 0.390. The van der Waals surface area contributed by atoms with E-state index in [0.717, 1.165) is 23.6 Å². The summed E-state index contributed by atoms with van der Waals surface area (Å²) in [6.45, 7) is 2.20. The third kappa shape index (κ3) is 3.59. The lowest BCUT2D eigenvalue weighted by atomic mass is 10.1. The molecule has 2 nitrogen and oxygen atoms in total. The molecule has 1 aromatic carbocycles. The predicted molar refractivity (Wildman–Crippen MR) is 82.4 cm³/mol. The first kappa shape index (κ1) is 13.6. The van der Waals surface area contributed by atoms with Gasteiger partial charge in [-0.1, -0.05) is 43.6 Å². The van der Waals surface area contributed by atoms with Crippen molar-refractivity contribution >= 4 is 34.5 Å². The van der Waals surface area contributed by atoms with Crippen LogP contribution in [0.1, 0.15) is 38.2 Å². The van der Waals surface area contributed by atoms with Gasteiger partial charge in [0.1, 0.15) is 4.99 Å². The zero-order valence-electron chi connectivity index (χ0n) is 10.6. The summed E-state index contributed by atoms with van der Waals surface area (Å²) in [5.41, 5.74) is 7.59. The van der Waals surface area contributed by atoms with Crippen molar-refractivity contribution < 1.29 is 0 Å². The van der Waals surface area contributed by atoms with Gasteiger partial charge in [0.25, 0.3) is 0 Å². The Balaban J connectivity index is 2.13. The van der Waals surface area contributed by atoms with Crippen LogP contribution in [0.5, 0.6) is 0 Å². The Bertz CT molecular complexity index is 443. The maximum absolute atomic E-state index is 5.98. The molecule has 0 bridgehead atoms. The van der Waals surface area contributed by atoms with Crippen LogP contribution in [0.4, 0.5) is 5.69 Å². The first-order valence-electron chi connectivity index (χ1n) is 6.46. The summed E-state index contributed by atoms with van der Waals surface area (Å²) in [7, 11) is 0. The molecule has 0 heterocycles. The van der Waals surface area contributed by atoms with Crippen LogP contribution in [-0.4, -0.2) is 11.0 Å². The quantitative estimate of drug-likeness (QED) is 0.776. The number of hydrogen-bond donors (Lipinski definition) is 2. The number of nitrogens with one attached hydrogen (secondary N) is 1. The fraction of sp³-hybridized carbons (Fsp3) is 0.500. The molecule has 2 rings (SSSR count). The van der Waals surface area contributed by atoms with Gasteiger partial charge < -0.3 is 11.1 Å². The lowest BCUT2D eigenvalue weighted by molar-refractivity contribution is 0.587. The van der Waals surface area contributed by atoms with Gasteiger partial charge in [-0.3, -0.25) is 0 Å². The second-order valence-corrected chi connectivity index (χ2v) is 5.86. The van der Waals surface area contributed by atoms with Crippen LogP contribution in [0.25, 0.3) is 0 Å². The fourth-order valence-electron chi connectivity index (χ4n) is 2.15. The summed E-state index contributed by atoms with van der Waals surface area (Å²) in [6, 6.07) is 6.16. The van der Waals surface area contributed by atoms with Crippen LogP contribution in [0.3, 0.4) is 0 Å². The topological polar surface area (TPSA) is 38.0 Å². The molecule has 1 aliphatic carbocycles. The summed E-state index contributed by atoms with van der Waals surface area (Å²) in [6.07, 6.45) is 5.09. The highest BCUT2D eigenvalue weighted by molar-refractivity contribution is 7.80. The molecule has 1 fully saturated rings. The standard InChI is InChI=1S/C14H19ClN2S/c1-2-11(7-9-3-4-9)17-13-6-5-10(15)8-12(13)14(16)18/h5-6,8-9,11,17H,2-4,7H2,1H3,(H2,16,18). The van der Waals surface area contributed by atoms with Crippen LogP contribution in [0.15, 0.2) is 18.2 Å². The van der Waals surface area contributed by atoms with Gasteiger partial charge in [-0.05, 0) is 37.0 Å². The Morgan fingerprint density at radius 3 is 2.83 bits per heavy atom. The molecule has 0 aromatic heterocycles. The largest absolute Gasteiger partial charge is 0.389 e. The Kier molecular flexibility index (Phi) is 4.46. The summed E-state index contributed by atoms with van der Waals surface area (Å²) < 4.78 is 0. The zero-order chi connectivity index (χ0) is 13.1. The highest BCUT2D eigenvalue weighted by Crippen LogP contribution is 2.35. The van der Waals surface area contributed by atoms with Gasteiger partial charge in [-0.15, -0.1) is 0 Å². The third-order valence-corrected chi connectivity index (χ3v) is 3.87. The SMILES string of the molecule is CCC(CC1CC1)Nc1ccc(Cl)cc1C(N)=S. The van der Waals surface area contributed by atoms with E-state index in [1.807, 2.05) is 18.2 Å². The van der Waals surface area contributed by atoms with Gasteiger partial charge in [-0.2, -0.15) is 0 Å². The number of hydrogen-bond acceptors (Lipinski definition) is 2. The normalized spacial score (nSPS) is 16.3. The Labute approximate surface area is 119 Å². The van der Waals surface area contributed by atoms with Gasteiger partial charge in [0.05, 0.1) is 0 Å². The molecule has 3 N–H and O–H groups in total. The summed E-state index contributed by atoms with van der Waals surface area (Å²) in [5, 5.41) is 4.22. The van der Waals surface area contributed by atoms with E-state index in [4.69, 9.17) is 29.6 Å². The number of benzene rings is 1. The lowest BCUT2D eigenvalue weighted by Crippen LogP contribution is -2.22. The van der Waals surface area contributed by atoms with Crippen LogP contribution in [0, 0.1) is 5.92 Å². The number of halogens is 1. The van der Waals surface area contributed by atoms with E-state index >= 15 is 0 Å². The van der Waals surface area contributed by atoms with E-state index in [1.165, 1.54) is 19.3 Å². The maximum Gasteiger partial charge on any atom is 0.106 e. The van der Waals surface area contributed by atoms with Crippen molar-refractivity contribution in [1.82, 2.24) is 0 Å². The van der Waals surface area contributed by atoms with Crippen LogP contribution in [-0.2, 0) is 0 Å². The van der Waals surface area contributed by atoms with E-state index in [-0.39, 0.29) is 0 Å². The van der Waals surface area contributed by atoms with Crippen molar-refractivity contribution in [2.24, 2.45) is 11.7 Å². The van der Waals surface area contributed by atoms with Crippen molar-refractivity contribution in [2.45, 2.75) is 38.6 Å². The Morgan fingerprint density at radius 2 is 2.28 bits per heavy atom. The molecule has 1 saturated carbocycles. The monoisotopic (exact) mass is 282 g/mol. The molecule has 18 heavy (non-hydrogen) atoms. The van der Waals surface area contributed by atoms with Gasteiger partial charge in [0.15, 0.2) is 0 Å². The minimum atomic E-state index is 0.390. The molecule has 1 aromatic rings. The number of anilines is 1. The third-order valence-electron chi connectivity index (χ3n) is 3.41. The van der Waals surface area contributed by atoms with E-state index in [9.17, 15) is 0 Å². The number of rotatable bonds is 6. The van der Waals surface area contributed by atoms with Crippen LogP contribution in [0.2, 0.25) is 5.02 Å². The summed E-state index contributed by atoms with van der Waals surface area (Å²) >= 11 is 11.1. The number of thiocarbonyl (C=S) groups is 1. The molecule has 1 unspecified atom stereocenters. The van der Waals surface area contributed by atoms with E-state index < -0.39 is 0 Å². The summed E-state index contributed by atoms with van der Waals surface area (Å²) in [5.74, 6) is 0.906. The second-order valence-electron chi connectivity index (χ2n) is 4.98. The minimum Gasteiger partial charge on any atom is -0.389 e. The van der Waals surface area contributed by atoms with Crippen molar-refractivity contribution in [2.75, 3.05) is 5.32 Å². The van der Waals surface area contributed by atoms with Gasteiger partial charge >= 0.3 is 0 Å². The minimum absolute atomic E-state index is 0.390. The van der Waals surface area contributed by atoms with Crippen molar-refractivity contribution in [3.05, 3.63) is 28.8 Å². The molecule has 98 valence electrons. The molecule has 1 atom stereocenters. The lowest BCUT2D eigenvalue weighted by Gasteiger charge is -2.20. The van der Waals surface area contributed by atoms with Crippen molar-refractivity contribution in [3.8, 4) is 0 Å². The predicted octanol–water partition coefficient (Wildman–Crippen LogP) is 3.96.